The van der Waals surface area contributed by atoms with Crippen LogP contribution in [0.25, 0.3) is 0 Å². The first kappa shape index (κ1) is 39.8. The second kappa shape index (κ2) is 9.66. The Balaban J connectivity index is 1.12. The van der Waals surface area contributed by atoms with Gasteiger partial charge in [-0.1, -0.05) is 184 Å². The smallest absolute Gasteiger partial charge is 0.0766 e. The molecule has 32 atom stereocenters. The minimum absolute atomic E-state index is 0.161. The maximum Gasteiger partial charge on any atom is 0.179 e. The zero-order valence-corrected chi connectivity index (χ0v) is 45.0. The van der Waals surface area contributed by atoms with Crippen molar-refractivity contribution in [1.29, 1.82) is 0 Å². The molecule has 66 heavy (non-hydrogen) atoms. The Bertz CT molecular complexity index is 2630. The summed E-state index contributed by atoms with van der Waals surface area (Å²) in [5, 5.41) is 0. The monoisotopic (exact) mass is 883 g/mol. The number of hydrogen-bond donors (Lipinski definition) is 0. The molecule has 0 amide bonds. The highest BCUT2D eigenvalue weighted by Gasteiger charge is 3.18. The van der Waals surface area contributed by atoms with Crippen molar-refractivity contribution < 1.29 is 0 Å². The summed E-state index contributed by atoms with van der Waals surface area (Å²) in [5.74, 6) is 16.0. The zero-order valence-electron chi connectivity index (χ0n) is 45.0. The molecule has 354 valence electrons. The topological polar surface area (TPSA) is 0 Å². The van der Waals surface area contributed by atoms with Crippen molar-refractivity contribution in [2.75, 3.05) is 0 Å². The van der Waals surface area contributed by atoms with Gasteiger partial charge in [-0.15, -0.1) is 0 Å². The summed E-state index contributed by atoms with van der Waals surface area (Å²) >= 11 is 0. The average molecular weight is 883 g/mol. The summed E-state index contributed by atoms with van der Waals surface area (Å²) in [6.45, 7) is 50.8. The summed E-state index contributed by atoms with van der Waals surface area (Å²) < 4.78 is 0. The van der Waals surface area contributed by atoms with Gasteiger partial charge in [0.2, 0.25) is 0 Å². The molecule has 21 aliphatic rings. The van der Waals surface area contributed by atoms with E-state index in [1.54, 1.807) is 25.7 Å². The van der Waals surface area contributed by atoms with Crippen molar-refractivity contribution in [1.82, 2.24) is 0 Å². The van der Waals surface area contributed by atoms with Crippen LogP contribution < -0.4 is 5.46 Å². The minimum atomic E-state index is 0.161. The van der Waals surface area contributed by atoms with Gasteiger partial charge in [-0.05, 0) is 209 Å². The first-order valence-corrected chi connectivity index (χ1v) is 30.2. The molecule has 19 saturated carbocycles. The standard InChI is InChI=1S/C65H91B/c1-17-37-25-35-27-39-33(5)54(9)41-29-42-47-45(39)65-51-48(41)64(42)56(11,38-22-23-43-36(26-38)28-44-31(3)21-19-20-24-66(43)44)58(54,13)61(65,16)60(15)59(14)55(10)34(6)53(8,32(35)4)57(65,12)52(7)30-62(60,64)49(51)50(63(37,47)59)46(55)40(52)18-2/h22-23,26,31-35,37,39-42,44-51H,17-21,24-25,27-30H2,1-16H3. The van der Waals surface area contributed by atoms with Gasteiger partial charge in [-0.2, -0.15) is 0 Å². The lowest BCUT2D eigenvalue weighted by Gasteiger charge is -2.92. The molecule has 2 heterocycles. The van der Waals surface area contributed by atoms with E-state index in [4.69, 9.17) is 0 Å². The molecular formula is C65H91B. The maximum atomic E-state index is 3.36. The molecule has 20 bridgehead atoms. The van der Waals surface area contributed by atoms with Crippen molar-refractivity contribution in [3.05, 3.63) is 29.3 Å². The Hall–Kier alpha value is -0.715. The van der Waals surface area contributed by atoms with Crippen LogP contribution in [0.15, 0.2) is 18.2 Å². The number of rotatable bonds is 3. The van der Waals surface area contributed by atoms with E-state index in [0.29, 0.717) is 54.1 Å². The highest BCUT2D eigenvalue weighted by molar-refractivity contribution is 6.76. The van der Waals surface area contributed by atoms with E-state index in [0.717, 1.165) is 113 Å². The Kier molecular flexibility index (Phi) is 5.83. The van der Waals surface area contributed by atoms with Crippen molar-refractivity contribution in [3.8, 4) is 0 Å². The van der Waals surface area contributed by atoms with Gasteiger partial charge < -0.3 is 0 Å². The summed E-state index contributed by atoms with van der Waals surface area (Å²) in [7, 11) is 0. The van der Waals surface area contributed by atoms with Crippen LogP contribution in [0.3, 0.4) is 0 Å². The van der Waals surface area contributed by atoms with E-state index in [2.05, 4.69) is 129 Å². The van der Waals surface area contributed by atoms with E-state index in [9.17, 15) is 0 Å². The summed E-state index contributed by atoms with van der Waals surface area (Å²) in [5.41, 5.74) is 10.0. The molecule has 1 aromatic rings. The van der Waals surface area contributed by atoms with Crippen LogP contribution in [0.1, 0.15) is 180 Å². The Morgan fingerprint density at radius 1 is 0.621 bits per heavy atom. The van der Waals surface area contributed by atoms with Crippen LogP contribution in [0, 0.1) is 171 Å². The fourth-order valence-electron chi connectivity index (χ4n) is 37.4. The number of hydrogen-bond acceptors (Lipinski definition) is 0. The third-order valence-corrected chi connectivity index (χ3v) is 37.4. The molecule has 0 aromatic heterocycles. The second-order valence-corrected chi connectivity index (χ2v) is 32.9. The fraction of sp³-hybridized carbons (Fsp3) is 0.908. The Morgan fingerprint density at radius 3 is 2.11 bits per heavy atom. The Morgan fingerprint density at radius 2 is 1.38 bits per heavy atom. The van der Waals surface area contributed by atoms with Gasteiger partial charge in [0.1, 0.15) is 0 Å². The SMILES string of the molecule is CCC1C2C3C4C5C6C7CC8C9C%10C%11CC%12CC(CC)C39C3(C)C2(C)C(C)C(C)(C%12C)C2(C)C1(C)CC41C86C(C)(c4ccc6c(c4)CC4B6CCCCC4C)C(C)(C7(C)C%11C)C(C)(C%1052)C13C. The molecule has 1 heteroatoms. The van der Waals surface area contributed by atoms with E-state index in [-0.39, 0.29) is 21.7 Å². The van der Waals surface area contributed by atoms with Crippen molar-refractivity contribution in [3.63, 3.8) is 0 Å². The van der Waals surface area contributed by atoms with Gasteiger partial charge in [0.15, 0.2) is 6.71 Å². The molecule has 0 nitrogen and oxygen atoms in total. The molecule has 0 radical (unpaired) electrons. The van der Waals surface area contributed by atoms with Gasteiger partial charge in [0.05, 0.1) is 0 Å². The third-order valence-electron chi connectivity index (χ3n) is 37.4. The predicted molar refractivity (Wildman–Crippen MR) is 269 cm³/mol. The molecule has 20 fully saturated rings. The van der Waals surface area contributed by atoms with Crippen LogP contribution in [0.4, 0.5) is 0 Å². The lowest BCUT2D eigenvalue weighted by molar-refractivity contribution is -0.454. The highest BCUT2D eigenvalue weighted by atomic mass is 15.2. The molecule has 1 aromatic carbocycles. The van der Waals surface area contributed by atoms with Gasteiger partial charge in [-0.25, -0.2) is 0 Å². The van der Waals surface area contributed by atoms with Crippen LogP contribution in [-0.2, 0) is 11.8 Å². The zero-order chi connectivity index (χ0) is 45.6. The summed E-state index contributed by atoms with van der Waals surface area (Å²) in [4.78, 5) is 0. The number of benzene rings is 1. The van der Waals surface area contributed by atoms with Gasteiger partial charge in [0, 0.05) is 5.41 Å². The third kappa shape index (κ3) is 2.35. The lowest BCUT2D eigenvalue weighted by Crippen LogP contribution is -2.90. The predicted octanol–water partition coefficient (Wildman–Crippen LogP) is 14.9. The molecule has 32 unspecified atom stereocenters. The average Bonchev–Trinajstić information content (AvgIpc) is 3.74. The molecular weight excluding hydrogens is 792 g/mol. The molecule has 2 aliphatic heterocycles. The number of fused-ring (bicyclic) bond motifs is 5. The van der Waals surface area contributed by atoms with Gasteiger partial charge in [0.25, 0.3) is 0 Å². The first-order chi connectivity index (χ1) is 31.1. The second-order valence-electron chi connectivity index (χ2n) is 32.9. The lowest BCUT2D eigenvalue weighted by atomic mass is 9.10. The van der Waals surface area contributed by atoms with E-state index in [1.165, 1.54) is 44.8 Å². The van der Waals surface area contributed by atoms with Crippen molar-refractivity contribution >= 4 is 12.2 Å². The van der Waals surface area contributed by atoms with Crippen LogP contribution in [-0.4, -0.2) is 6.71 Å². The van der Waals surface area contributed by atoms with Gasteiger partial charge in [-0.3, -0.25) is 0 Å². The van der Waals surface area contributed by atoms with Gasteiger partial charge >= 0.3 is 0 Å². The molecule has 22 rings (SSSR count). The summed E-state index contributed by atoms with van der Waals surface area (Å²) in [6, 6.07) is 9.01. The quantitative estimate of drug-likeness (QED) is 0.265. The van der Waals surface area contributed by atoms with E-state index >= 15 is 0 Å². The molecule has 19 aliphatic carbocycles. The van der Waals surface area contributed by atoms with E-state index < -0.39 is 0 Å². The van der Waals surface area contributed by atoms with Crippen LogP contribution in [0.5, 0.6) is 0 Å². The van der Waals surface area contributed by atoms with Crippen LogP contribution >= 0.6 is 0 Å². The van der Waals surface area contributed by atoms with Crippen molar-refractivity contribution in [2.45, 2.75) is 193 Å². The maximum absolute atomic E-state index is 3.36. The Labute approximate surface area is 403 Å². The van der Waals surface area contributed by atoms with E-state index in [1.807, 2.05) is 16.6 Å². The highest BCUT2D eigenvalue weighted by Crippen LogP contribution is 3.21. The fourth-order valence-corrected chi connectivity index (χ4v) is 37.4. The first-order valence-electron chi connectivity index (χ1n) is 30.2. The minimum Gasteiger partial charge on any atom is -0.0766 e. The largest absolute Gasteiger partial charge is 0.179 e. The molecule has 1 saturated heterocycles. The summed E-state index contributed by atoms with van der Waals surface area (Å²) in [6.07, 6.45) is 16.5. The van der Waals surface area contributed by atoms with Crippen LogP contribution in [0.2, 0.25) is 12.1 Å². The van der Waals surface area contributed by atoms with Crippen molar-refractivity contribution in [2.24, 2.45) is 171 Å². The normalized spacial score (nSPS) is 76.3. The molecule has 0 N–H and O–H groups in total. The molecule has 4 spiro atoms.